The molecule has 0 saturated heterocycles. The van der Waals surface area contributed by atoms with Crippen molar-refractivity contribution in [3.8, 4) is 23.3 Å². The molecule has 0 aromatic heterocycles. The van der Waals surface area contributed by atoms with E-state index in [1.807, 2.05) is 0 Å². The van der Waals surface area contributed by atoms with Gasteiger partial charge in [0.2, 0.25) is 5.75 Å². The number of nitrogens with zero attached hydrogens (tertiary/aromatic N) is 2. The SMILES string of the molecule is COc1cc(/C=C(\C#N)C(=O)Nc2ccc(C)cc2[N+](=O)[O-])cc(OC)c1OC. The summed E-state index contributed by atoms with van der Waals surface area (Å²) in [6.07, 6.45) is 1.32. The minimum absolute atomic E-state index is 0.00311. The number of nitrogens with one attached hydrogen (secondary N) is 1. The van der Waals surface area contributed by atoms with Crippen molar-refractivity contribution in [1.82, 2.24) is 0 Å². The van der Waals surface area contributed by atoms with Crippen molar-refractivity contribution in [2.24, 2.45) is 0 Å². The molecule has 0 saturated carbocycles. The van der Waals surface area contributed by atoms with E-state index < -0.39 is 10.8 Å². The Kier molecular flexibility index (Phi) is 6.76. The van der Waals surface area contributed by atoms with Crippen LogP contribution < -0.4 is 19.5 Å². The fourth-order valence-corrected chi connectivity index (χ4v) is 2.59. The van der Waals surface area contributed by atoms with E-state index in [0.29, 0.717) is 28.4 Å². The molecule has 0 bridgehead atoms. The largest absolute Gasteiger partial charge is 0.493 e. The number of carbonyl (C=O) groups is 1. The van der Waals surface area contributed by atoms with Gasteiger partial charge in [0.15, 0.2) is 11.5 Å². The highest BCUT2D eigenvalue weighted by molar-refractivity contribution is 6.10. The van der Waals surface area contributed by atoms with Crippen LogP contribution in [-0.2, 0) is 4.79 Å². The smallest absolute Gasteiger partial charge is 0.293 e. The van der Waals surface area contributed by atoms with Gasteiger partial charge in [0, 0.05) is 6.07 Å². The molecule has 2 aromatic rings. The van der Waals surface area contributed by atoms with Crippen molar-refractivity contribution < 1.29 is 23.9 Å². The summed E-state index contributed by atoms with van der Waals surface area (Å²) in [4.78, 5) is 23.2. The van der Waals surface area contributed by atoms with Gasteiger partial charge in [-0.2, -0.15) is 5.26 Å². The first-order chi connectivity index (χ1) is 13.8. The molecule has 1 N–H and O–H groups in total. The topological polar surface area (TPSA) is 124 Å². The molecule has 9 nitrogen and oxygen atoms in total. The average molecular weight is 397 g/mol. The number of amides is 1. The number of carbonyl (C=O) groups excluding carboxylic acids is 1. The Morgan fingerprint density at radius 3 is 2.24 bits per heavy atom. The molecule has 2 aromatic carbocycles. The van der Waals surface area contributed by atoms with Gasteiger partial charge in [-0.15, -0.1) is 0 Å². The fraction of sp³-hybridized carbons (Fsp3) is 0.200. The van der Waals surface area contributed by atoms with Crippen molar-refractivity contribution in [3.63, 3.8) is 0 Å². The number of benzene rings is 2. The van der Waals surface area contributed by atoms with Crippen molar-refractivity contribution in [1.29, 1.82) is 5.26 Å². The number of ether oxygens (including phenoxy) is 3. The van der Waals surface area contributed by atoms with Gasteiger partial charge in [0.1, 0.15) is 17.3 Å². The van der Waals surface area contributed by atoms with Crippen LogP contribution in [0.3, 0.4) is 0 Å². The van der Waals surface area contributed by atoms with Gasteiger partial charge >= 0.3 is 0 Å². The van der Waals surface area contributed by atoms with Crippen LogP contribution >= 0.6 is 0 Å². The molecule has 0 aliphatic rings. The molecule has 0 aliphatic carbocycles. The highest BCUT2D eigenvalue weighted by atomic mass is 16.6. The zero-order valence-corrected chi connectivity index (χ0v) is 16.3. The zero-order valence-electron chi connectivity index (χ0n) is 16.3. The van der Waals surface area contributed by atoms with Gasteiger partial charge in [-0.3, -0.25) is 14.9 Å². The maximum atomic E-state index is 12.5. The van der Waals surface area contributed by atoms with E-state index in [0.717, 1.165) is 0 Å². The second kappa shape index (κ2) is 9.23. The number of nitro benzene ring substituents is 1. The predicted octanol–water partition coefficient (Wildman–Crippen LogP) is 3.47. The second-order valence-corrected chi connectivity index (χ2v) is 5.86. The van der Waals surface area contributed by atoms with E-state index in [4.69, 9.17) is 14.2 Å². The van der Waals surface area contributed by atoms with Crippen LogP contribution in [0, 0.1) is 28.4 Å². The quantitative estimate of drug-likeness (QED) is 0.328. The molecule has 0 aliphatic heterocycles. The van der Waals surface area contributed by atoms with E-state index in [9.17, 15) is 20.2 Å². The minimum Gasteiger partial charge on any atom is -0.493 e. The third-order valence-electron chi connectivity index (χ3n) is 3.96. The standard InChI is InChI=1S/C20H19N3O6/c1-12-5-6-15(16(7-12)23(25)26)22-20(24)14(11-21)8-13-9-17(27-2)19(29-4)18(10-13)28-3/h5-10H,1-4H3,(H,22,24)/b14-8+. The van der Waals surface area contributed by atoms with Crippen LogP contribution in [0.25, 0.3) is 6.08 Å². The normalized spacial score (nSPS) is 10.7. The molecule has 9 heteroatoms. The molecule has 0 spiro atoms. The molecule has 2 rings (SSSR count). The number of rotatable bonds is 7. The number of hydrogen-bond donors (Lipinski definition) is 1. The van der Waals surface area contributed by atoms with Gasteiger partial charge < -0.3 is 19.5 Å². The van der Waals surface area contributed by atoms with Gasteiger partial charge in [-0.1, -0.05) is 6.07 Å². The Bertz CT molecular complexity index is 998. The van der Waals surface area contributed by atoms with E-state index >= 15 is 0 Å². The van der Waals surface area contributed by atoms with E-state index in [-0.39, 0.29) is 16.9 Å². The molecular formula is C20H19N3O6. The van der Waals surface area contributed by atoms with Crippen LogP contribution in [0.15, 0.2) is 35.9 Å². The molecule has 0 unspecified atom stereocenters. The summed E-state index contributed by atoms with van der Waals surface area (Å²) < 4.78 is 15.7. The van der Waals surface area contributed by atoms with Crippen LogP contribution in [-0.4, -0.2) is 32.2 Å². The first-order valence-electron chi connectivity index (χ1n) is 8.32. The first kappa shape index (κ1) is 21.2. The summed E-state index contributed by atoms with van der Waals surface area (Å²) in [6, 6.07) is 9.32. The highest BCUT2D eigenvalue weighted by Gasteiger charge is 2.19. The molecular weight excluding hydrogens is 378 g/mol. The maximum absolute atomic E-state index is 12.5. The lowest BCUT2D eigenvalue weighted by atomic mass is 10.1. The number of hydrogen-bond acceptors (Lipinski definition) is 7. The lowest BCUT2D eigenvalue weighted by molar-refractivity contribution is -0.384. The maximum Gasteiger partial charge on any atom is 0.293 e. The third-order valence-corrected chi connectivity index (χ3v) is 3.96. The predicted molar refractivity (Wildman–Crippen MR) is 106 cm³/mol. The Morgan fingerprint density at radius 1 is 1.14 bits per heavy atom. The average Bonchev–Trinajstić information content (AvgIpc) is 2.71. The van der Waals surface area contributed by atoms with Crippen molar-refractivity contribution in [2.75, 3.05) is 26.6 Å². The second-order valence-electron chi connectivity index (χ2n) is 5.86. The van der Waals surface area contributed by atoms with Gasteiger partial charge in [-0.05, 0) is 42.3 Å². The molecule has 150 valence electrons. The van der Waals surface area contributed by atoms with E-state index in [1.54, 1.807) is 31.2 Å². The lowest BCUT2D eigenvalue weighted by Gasteiger charge is -2.13. The summed E-state index contributed by atoms with van der Waals surface area (Å²) in [5.41, 5.74) is 0.599. The monoisotopic (exact) mass is 397 g/mol. The summed E-state index contributed by atoms with van der Waals surface area (Å²) in [5, 5.41) is 23.0. The molecule has 29 heavy (non-hydrogen) atoms. The Balaban J connectivity index is 2.42. The Hall–Kier alpha value is -4.06. The van der Waals surface area contributed by atoms with Crippen LogP contribution in [0.5, 0.6) is 17.2 Å². The third kappa shape index (κ3) is 4.81. The Labute approximate surface area is 167 Å². The van der Waals surface area contributed by atoms with Gasteiger partial charge in [0.25, 0.3) is 11.6 Å². The molecule has 1 amide bonds. The Morgan fingerprint density at radius 2 is 1.76 bits per heavy atom. The number of nitriles is 1. The molecule has 0 heterocycles. The summed E-state index contributed by atoms with van der Waals surface area (Å²) in [7, 11) is 4.34. The van der Waals surface area contributed by atoms with Crippen LogP contribution in [0.1, 0.15) is 11.1 Å². The van der Waals surface area contributed by atoms with E-state index in [2.05, 4.69) is 5.32 Å². The molecule has 0 atom stereocenters. The zero-order chi connectivity index (χ0) is 21.6. The van der Waals surface area contributed by atoms with Crippen molar-refractivity contribution in [3.05, 3.63) is 57.1 Å². The molecule has 0 fully saturated rings. The molecule has 0 radical (unpaired) electrons. The van der Waals surface area contributed by atoms with Gasteiger partial charge in [-0.25, -0.2) is 0 Å². The summed E-state index contributed by atoms with van der Waals surface area (Å²) >= 11 is 0. The van der Waals surface area contributed by atoms with Crippen molar-refractivity contribution in [2.45, 2.75) is 6.92 Å². The summed E-state index contributed by atoms with van der Waals surface area (Å²) in [6.45, 7) is 1.70. The van der Waals surface area contributed by atoms with Gasteiger partial charge in [0.05, 0.1) is 26.3 Å². The number of methoxy groups -OCH3 is 3. The lowest BCUT2D eigenvalue weighted by Crippen LogP contribution is -2.14. The highest BCUT2D eigenvalue weighted by Crippen LogP contribution is 2.38. The number of aryl methyl sites for hydroxylation is 1. The van der Waals surface area contributed by atoms with Crippen molar-refractivity contribution >= 4 is 23.4 Å². The van der Waals surface area contributed by atoms with E-state index in [1.165, 1.54) is 39.5 Å². The summed E-state index contributed by atoms with van der Waals surface area (Å²) in [5.74, 6) is 0.286. The first-order valence-corrected chi connectivity index (χ1v) is 8.32. The van der Waals surface area contributed by atoms with Crippen LogP contribution in [0.4, 0.5) is 11.4 Å². The minimum atomic E-state index is -0.784. The number of nitro groups is 1. The fourth-order valence-electron chi connectivity index (χ4n) is 2.59. The number of anilines is 1. The van der Waals surface area contributed by atoms with Crippen LogP contribution in [0.2, 0.25) is 0 Å².